The molecular weight excluding hydrogens is 290 g/mol. The Labute approximate surface area is 115 Å². The highest BCUT2D eigenvalue weighted by atomic mass is 79.9. The molecule has 0 saturated carbocycles. The first-order valence-electron chi connectivity index (χ1n) is 5.79. The molecule has 0 fully saturated rings. The van der Waals surface area contributed by atoms with E-state index in [1.165, 1.54) is 5.56 Å². The first-order valence-corrected chi connectivity index (χ1v) is 6.58. The van der Waals surface area contributed by atoms with Crippen molar-refractivity contribution in [3.05, 3.63) is 57.7 Å². The maximum atomic E-state index is 6.21. The second-order valence-corrected chi connectivity index (χ2v) is 5.22. The van der Waals surface area contributed by atoms with Gasteiger partial charge in [-0.2, -0.15) is 0 Å². The van der Waals surface area contributed by atoms with Crippen LogP contribution in [-0.4, -0.2) is 4.98 Å². The third kappa shape index (κ3) is 2.89. The maximum absolute atomic E-state index is 6.21. The van der Waals surface area contributed by atoms with Crippen molar-refractivity contribution in [3.63, 3.8) is 0 Å². The molecule has 0 aliphatic heterocycles. The van der Waals surface area contributed by atoms with Gasteiger partial charge in [-0.3, -0.25) is 0 Å². The van der Waals surface area contributed by atoms with Crippen LogP contribution in [0.1, 0.15) is 22.7 Å². The van der Waals surface area contributed by atoms with E-state index in [4.69, 9.17) is 11.5 Å². The fourth-order valence-electron chi connectivity index (χ4n) is 1.82. The average Bonchev–Trinajstić information content (AvgIpc) is 2.35. The molecular formula is C14H16BrN3. The zero-order valence-corrected chi connectivity index (χ0v) is 11.8. The van der Waals surface area contributed by atoms with Crippen LogP contribution >= 0.6 is 15.9 Å². The molecule has 1 atom stereocenters. The van der Waals surface area contributed by atoms with Gasteiger partial charge in [0.15, 0.2) is 0 Å². The van der Waals surface area contributed by atoms with E-state index < -0.39 is 0 Å². The summed E-state index contributed by atoms with van der Waals surface area (Å²) in [5.41, 5.74) is 15.3. The van der Waals surface area contributed by atoms with Crippen LogP contribution in [0.4, 0.5) is 5.82 Å². The molecule has 0 bridgehead atoms. The smallest absolute Gasteiger partial charge is 0.126 e. The van der Waals surface area contributed by atoms with Gasteiger partial charge in [0.05, 0.1) is 0 Å². The molecule has 1 heterocycles. The van der Waals surface area contributed by atoms with Crippen molar-refractivity contribution in [3.8, 4) is 0 Å². The van der Waals surface area contributed by atoms with Gasteiger partial charge in [-0.15, -0.1) is 0 Å². The van der Waals surface area contributed by atoms with Gasteiger partial charge in [0, 0.05) is 16.7 Å². The lowest BCUT2D eigenvalue weighted by Crippen LogP contribution is -2.14. The molecule has 2 aromatic rings. The Morgan fingerprint density at radius 3 is 2.78 bits per heavy atom. The summed E-state index contributed by atoms with van der Waals surface area (Å²) in [6, 6.07) is 9.94. The Kier molecular flexibility index (Phi) is 3.99. The standard InChI is InChI=1S/C14H16BrN3/c1-9-4-5-10(7-12(9)15)13(16)8-11-3-2-6-18-14(11)17/h2-7,13H,8,16H2,1H3,(H2,17,18). The number of nitrogen functional groups attached to an aromatic ring is 1. The van der Waals surface area contributed by atoms with Crippen LogP contribution in [-0.2, 0) is 6.42 Å². The van der Waals surface area contributed by atoms with E-state index in [-0.39, 0.29) is 6.04 Å². The lowest BCUT2D eigenvalue weighted by molar-refractivity contribution is 0.720. The summed E-state index contributed by atoms with van der Waals surface area (Å²) in [4.78, 5) is 4.07. The zero-order chi connectivity index (χ0) is 13.1. The molecule has 0 saturated heterocycles. The van der Waals surface area contributed by atoms with E-state index in [9.17, 15) is 0 Å². The third-order valence-corrected chi connectivity index (χ3v) is 3.84. The summed E-state index contributed by atoms with van der Waals surface area (Å²) in [6.07, 6.45) is 2.38. The van der Waals surface area contributed by atoms with E-state index in [2.05, 4.69) is 46.0 Å². The molecule has 3 nitrogen and oxygen atoms in total. The normalized spacial score (nSPS) is 12.4. The average molecular weight is 306 g/mol. The number of benzene rings is 1. The molecule has 0 amide bonds. The molecule has 0 aliphatic rings. The van der Waals surface area contributed by atoms with Crippen molar-refractivity contribution in [1.82, 2.24) is 4.98 Å². The predicted molar refractivity (Wildman–Crippen MR) is 78.2 cm³/mol. The minimum absolute atomic E-state index is 0.0756. The van der Waals surface area contributed by atoms with Crippen LogP contribution in [0.15, 0.2) is 41.0 Å². The van der Waals surface area contributed by atoms with E-state index in [0.29, 0.717) is 12.2 Å². The number of anilines is 1. The SMILES string of the molecule is Cc1ccc(C(N)Cc2cccnc2N)cc1Br. The first kappa shape index (κ1) is 13.1. The highest BCUT2D eigenvalue weighted by Crippen LogP contribution is 2.23. The van der Waals surface area contributed by atoms with Gasteiger partial charge in [0.1, 0.15) is 5.82 Å². The molecule has 4 heteroatoms. The van der Waals surface area contributed by atoms with Gasteiger partial charge in [-0.1, -0.05) is 34.1 Å². The van der Waals surface area contributed by atoms with Crippen LogP contribution in [0.25, 0.3) is 0 Å². The maximum Gasteiger partial charge on any atom is 0.126 e. The topological polar surface area (TPSA) is 64.9 Å². The second kappa shape index (κ2) is 5.50. The van der Waals surface area contributed by atoms with Gasteiger partial charge in [0.2, 0.25) is 0 Å². The highest BCUT2D eigenvalue weighted by molar-refractivity contribution is 9.10. The summed E-state index contributed by atoms with van der Waals surface area (Å²) in [7, 11) is 0. The van der Waals surface area contributed by atoms with E-state index in [1.54, 1.807) is 6.20 Å². The van der Waals surface area contributed by atoms with Crippen molar-refractivity contribution in [2.75, 3.05) is 5.73 Å². The molecule has 1 aromatic heterocycles. The zero-order valence-electron chi connectivity index (χ0n) is 10.2. The van der Waals surface area contributed by atoms with Crippen molar-refractivity contribution < 1.29 is 0 Å². The van der Waals surface area contributed by atoms with Gasteiger partial charge in [-0.25, -0.2) is 4.98 Å². The largest absolute Gasteiger partial charge is 0.383 e. The Balaban J connectivity index is 2.19. The number of aromatic nitrogens is 1. The summed E-state index contributed by atoms with van der Waals surface area (Å²) in [5.74, 6) is 0.555. The van der Waals surface area contributed by atoms with Gasteiger partial charge < -0.3 is 11.5 Å². The summed E-state index contributed by atoms with van der Waals surface area (Å²) in [5, 5.41) is 0. The Hall–Kier alpha value is -1.39. The molecule has 1 aromatic carbocycles. The minimum Gasteiger partial charge on any atom is -0.383 e. The molecule has 18 heavy (non-hydrogen) atoms. The third-order valence-electron chi connectivity index (χ3n) is 2.99. The number of rotatable bonds is 3. The van der Waals surface area contributed by atoms with E-state index in [1.807, 2.05) is 12.1 Å². The van der Waals surface area contributed by atoms with Gasteiger partial charge in [-0.05, 0) is 42.2 Å². The van der Waals surface area contributed by atoms with E-state index >= 15 is 0 Å². The molecule has 0 spiro atoms. The molecule has 1 unspecified atom stereocenters. The summed E-state index contributed by atoms with van der Waals surface area (Å²) < 4.78 is 1.08. The van der Waals surface area contributed by atoms with Crippen LogP contribution in [0.5, 0.6) is 0 Å². The Morgan fingerprint density at radius 1 is 1.33 bits per heavy atom. The molecule has 0 aliphatic carbocycles. The fraction of sp³-hybridized carbons (Fsp3) is 0.214. The molecule has 4 N–H and O–H groups in total. The number of aryl methyl sites for hydroxylation is 1. The van der Waals surface area contributed by atoms with Crippen molar-refractivity contribution in [2.24, 2.45) is 5.73 Å². The van der Waals surface area contributed by atoms with E-state index in [0.717, 1.165) is 15.6 Å². The molecule has 0 radical (unpaired) electrons. The molecule has 2 rings (SSSR count). The minimum atomic E-state index is -0.0756. The van der Waals surface area contributed by atoms with Gasteiger partial charge in [0.25, 0.3) is 0 Å². The number of hydrogen-bond donors (Lipinski definition) is 2. The number of hydrogen-bond acceptors (Lipinski definition) is 3. The predicted octanol–water partition coefficient (Wildman–Crippen LogP) is 2.98. The van der Waals surface area contributed by atoms with Crippen LogP contribution in [0, 0.1) is 6.92 Å². The van der Waals surface area contributed by atoms with Crippen LogP contribution in [0.2, 0.25) is 0 Å². The molecule has 94 valence electrons. The fourth-order valence-corrected chi connectivity index (χ4v) is 2.21. The summed E-state index contributed by atoms with van der Waals surface area (Å²) >= 11 is 3.52. The second-order valence-electron chi connectivity index (χ2n) is 4.37. The monoisotopic (exact) mass is 305 g/mol. The quantitative estimate of drug-likeness (QED) is 0.916. The number of halogens is 1. The number of nitrogens with two attached hydrogens (primary N) is 2. The van der Waals surface area contributed by atoms with Crippen molar-refractivity contribution in [1.29, 1.82) is 0 Å². The lowest BCUT2D eigenvalue weighted by Gasteiger charge is -2.14. The van der Waals surface area contributed by atoms with Crippen molar-refractivity contribution in [2.45, 2.75) is 19.4 Å². The van der Waals surface area contributed by atoms with Crippen LogP contribution in [0.3, 0.4) is 0 Å². The first-order chi connectivity index (χ1) is 8.58. The van der Waals surface area contributed by atoms with Gasteiger partial charge >= 0.3 is 0 Å². The lowest BCUT2D eigenvalue weighted by atomic mass is 9.99. The summed E-state index contributed by atoms with van der Waals surface area (Å²) in [6.45, 7) is 2.05. The number of nitrogens with zero attached hydrogens (tertiary/aromatic N) is 1. The Bertz CT molecular complexity index is 554. The van der Waals surface area contributed by atoms with Crippen molar-refractivity contribution >= 4 is 21.7 Å². The highest BCUT2D eigenvalue weighted by Gasteiger charge is 2.10. The Morgan fingerprint density at radius 2 is 2.11 bits per heavy atom. The number of pyridine rings is 1. The van der Waals surface area contributed by atoms with Crippen LogP contribution < -0.4 is 11.5 Å².